The Morgan fingerprint density at radius 3 is 3.07 bits per heavy atom. The van der Waals surface area contributed by atoms with Crippen LogP contribution in [0.2, 0.25) is 0 Å². The zero-order chi connectivity index (χ0) is 19.1. The molecule has 9 nitrogen and oxygen atoms in total. The van der Waals surface area contributed by atoms with Crippen LogP contribution < -0.4 is 15.4 Å². The molecule has 0 amide bonds. The van der Waals surface area contributed by atoms with Gasteiger partial charge >= 0.3 is 0 Å². The third-order valence-corrected chi connectivity index (χ3v) is 4.31. The first kappa shape index (κ1) is 19.1. The minimum absolute atomic E-state index is 0.239. The molecule has 146 valence electrons. The number of rotatable bonds is 7. The van der Waals surface area contributed by atoms with E-state index in [-0.39, 0.29) is 6.04 Å². The molecule has 2 aromatic heterocycles. The highest BCUT2D eigenvalue weighted by Crippen LogP contribution is 2.15. The SMILES string of the molecule is CCNC(=NCc1cccnc1OC)NC1CCc2nc(COC)nn2C1. The number of hydrogen-bond donors (Lipinski definition) is 2. The Kier molecular flexibility index (Phi) is 6.59. The molecule has 0 radical (unpaired) electrons. The quantitative estimate of drug-likeness (QED) is 0.549. The number of aliphatic imine (C=N–C) groups is 1. The number of nitrogens with one attached hydrogen (secondary N) is 2. The predicted molar refractivity (Wildman–Crippen MR) is 102 cm³/mol. The molecule has 9 heteroatoms. The van der Waals surface area contributed by atoms with E-state index in [0.717, 1.165) is 49.1 Å². The van der Waals surface area contributed by atoms with Crippen molar-refractivity contribution in [2.45, 2.75) is 45.5 Å². The number of pyridine rings is 1. The Morgan fingerprint density at radius 1 is 1.41 bits per heavy atom. The van der Waals surface area contributed by atoms with E-state index < -0.39 is 0 Å². The first-order valence-corrected chi connectivity index (χ1v) is 9.17. The minimum Gasteiger partial charge on any atom is -0.481 e. The highest BCUT2D eigenvalue weighted by atomic mass is 16.5. The third-order valence-electron chi connectivity index (χ3n) is 4.31. The fourth-order valence-electron chi connectivity index (χ4n) is 3.07. The van der Waals surface area contributed by atoms with Crippen LogP contribution in [0.4, 0.5) is 0 Å². The average Bonchev–Trinajstić information content (AvgIpc) is 3.08. The van der Waals surface area contributed by atoms with E-state index in [1.54, 1.807) is 20.4 Å². The van der Waals surface area contributed by atoms with Gasteiger partial charge in [0.25, 0.3) is 0 Å². The number of aryl methyl sites for hydroxylation is 1. The van der Waals surface area contributed by atoms with Crippen LogP contribution in [0.5, 0.6) is 5.88 Å². The summed E-state index contributed by atoms with van der Waals surface area (Å²) in [5, 5.41) is 11.3. The van der Waals surface area contributed by atoms with Gasteiger partial charge < -0.3 is 20.1 Å². The second kappa shape index (κ2) is 9.31. The molecule has 1 unspecified atom stereocenters. The Labute approximate surface area is 159 Å². The molecule has 0 bridgehead atoms. The van der Waals surface area contributed by atoms with Gasteiger partial charge in [0, 0.05) is 37.9 Å². The van der Waals surface area contributed by atoms with Crippen molar-refractivity contribution in [3.05, 3.63) is 35.5 Å². The van der Waals surface area contributed by atoms with Crippen LogP contribution in [0, 0.1) is 0 Å². The smallest absolute Gasteiger partial charge is 0.218 e. The van der Waals surface area contributed by atoms with E-state index in [1.807, 2.05) is 16.8 Å². The van der Waals surface area contributed by atoms with Crippen molar-refractivity contribution >= 4 is 5.96 Å². The molecule has 0 spiro atoms. The monoisotopic (exact) mass is 373 g/mol. The molecule has 0 aliphatic carbocycles. The van der Waals surface area contributed by atoms with E-state index >= 15 is 0 Å². The van der Waals surface area contributed by atoms with Crippen LogP contribution in [0.3, 0.4) is 0 Å². The van der Waals surface area contributed by atoms with E-state index in [9.17, 15) is 0 Å². The van der Waals surface area contributed by atoms with E-state index in [4.69, 9.17) is 9.47 Å². The van der Waals surface area contributed by atoms with Crippen LogP contribution in [-0.4, -0.2) is 52.5 Å². The summed E-state index contributed by atoms with van der Waals surface area (Å²) in [6.07, 6.45) is 3.57. The molecular weight excluding hydrogens is 346 g/mol. The molecule has 0 saturated carbocycles. The lowest BCUT2D eigenvalue weighted by Crippen LogP contribution is -2.47. The lowest BCUT2D eigenvalue weighted by atomic mass is 10.1. The van der Waals surface area contributed by atoms with Gasteiger partial charge in [-0.1, -0.05) is 6.07 Å². The van der Waals surface area contributed by atoms with Gasteiger partial charge in [-0.25, -0.2) is 19.6 Å². The van der Waals surface area contributed by atoms with Crippen molar-refractivity contribution in [2.75, 3.05) is 20.8 Å². The number of guanidine groups is 1. The molecule has 3 rings (SSSR count). The van der Waals surface area contributed by atoms with Crippen molar-refractivity contribution < 1.29 is 9.47 Å². The molecule has 3 heterocycles. The fraction of sp³-hybridized carbons (Fsp3) is 0.556. The molecule has 2 aromatic rings. The second-order valence-corrected chi connectivity index (χ2v) is 6.31. The van der Waals surface area contributed by atoms with Crippen LogP contribution in [0.1, 0.15) is 30.6 Å². The maximum absolute atomic E-state index is 5.30. The topological polar surface area (TPSA) is 98.5 Å². The maximum Gasteiger partial charge on any atom is 0.218 e. The first-order valence-electron chi connectivity index (χ1n) is 9.17. The normalized spacial score (nSPS) is 16.7. The van der Waals surface area contributed by atoms with Gasteiger partial charge in [0.05, 0.1) is 20.2 Å². The summed E-state index contributed by atoms with van der Waals surface area (Å²) in [6, 6.07) is 4.10. The summed E-state index contributed by atoms with van der Waals surface area (Å²) < 4.78 is 12.4. The van der Waals surface area contributed by atoms with Gasteiger partial charge in [-0.3, -0.25) is 0 Å². The molecule has 27 heavy (non-hydrogen) atoms. The highest BCUT2D eigenvalue weighted by molar-refractivity contribution is 5.80. The number of nitrogens with zero attached hydrogens (tertiary/aromatic N) is 5. The number of ether oxygens (including phenoxy) is 2. The molecular formula is C18H27N7O2. The van der Waals surface area contributed by atoms with E-state index in [2.05, 4.69) is 37.6 Å². The predicted octanol–water partition coefficient (Wildman–Crippen LogP) is 0.898. The van der Waals surface area contributed by atoms with Crippen molar-refractivity contribution in [3.63, 3.8) is 0 Å². The van der Waals surface area contributed by atoms with Gasteiger partial charge in [-0.15, -0.1) is 0 Å². The van der Waals surface area contributed by atoms with Gasteiger partial charge in [0.1, 0.15) is 12.4 Å². The van der Waals surface area contributed by atoms with Crippen molar-refractivity contribution in [1.82, 2.24) is 30.4 Å². The molecule has 1 atom stereocenters. The van der Waals surface area contributed by atoms with Crippen LogP contribution in [0.25, 0.3) is 0 Å². The first-order chi connectivity index (χ1) is 13.2. The molecule has 0 aromatic carbocycles. The van der Waals surface area contributed by atoms with Gasteiger partial charge in [-0.2, -0.15) is 5.10 Å². The summed E-state index contributed by atoms with van der Waals surface area (Å²) in [7, 11) is 3.27. The highest BCUT2D eigenvalue weighted by Gasteiger charge is 2.22. The van der Waals surface area contributed by atoms with E-state index in [1.165, 1.54) is 0 Å². The Bertz CT molecular complexity index is 775. The van der Waals surface area contributed by atoms with Crippen molar-refractivity contribution in [3.8, 4) is 5.88 Å². The van der Waals surface area contributed by atoms with Crippen LogP contribution in [0.15, 0.2) is 23.3 Å². The van der Waals surface area contributed by atoms with Crippen LogP contribution in [-0.2, 0) is 30.9 Å². The van der Waals surface area contributed by atoms with Gasteiger partial charge in [0.2, 0.25) is 5.88 Å². The maximum atomic E-state index is 5.30. The number of methoxy groups -OCH3 is 2. The van der Waals surface area contributed by atoms with Crippen LogP contribution >= 0.6 is 0 Å². The Balaban J connectivity index is 1.65. The zero-order valence-electron chi connectivity index (χ0n) is 16.1. The fourth-order valence-corrected chi connectivity index (χ4v) is 3.07. The van der Waals surface area contributed by atoms with Gasteiger partial charge in [-0.05, 0) is 19.4 Å². The summed E-state index contributed by atoms with van der Waals surface area (Å²) in [5.41, 5.74) is 0.948. The molecule has 0 fully saturated rings. The molecule has 1 aliphatic rings. The Hall–Kier alpha value is -2.68. The van der Waals surface area contributed by atoms with Gasteiger partial charge in [0.15, 0.2) is 11.8 Å². The summed E-state index contributed by atoms with van der Waals surface area (Å²) >= 11 is 0. The average molecular weight is 373 g/mol. The lowest BCUT2D eigenvalue weighted by molar-refractivity contribution is 0.177. The molecule has 0 saturated heterocycles. The molecule has 1 aliphatic heterocycles. The summed E-state index contributed by atoms with van der Waals surface area (Å²) in [6.45, 7) is 4.53. The van der Waals surface area contributed by atoms with E-state index in [0.29, 0.717) is 19.0 Å². The van der Waals surface area contributed by atoms with Crippen molar-refractivity contribution in [1.29, 1.82) is 0 Å². The Morgan fingerprint density at radius 2 is 2.30 bits per heavy atom. The number of fused-ring (bicyclic) bond motifs is 1. The lowest BCUT2D eigenvalue weighted by Gasteiger charge is -2.25. The second-order valence-electron chi connectivity index (χ2n) is 6.31. The van der Waals surface area contributed by atoms with Crippen molar-refractivity contribution in [2.24, 2.45) is 4.99 Å². The standard InChI is InChI=1S/C18H27N7O2/c1-4-19-18(21-10-13-6-5-9-20-17(13)27-3)22-14-7-8-16-23-15(12-26-2)24-25(16)11-14/h5-6,9,14H,4,7-8,10-12H2,1-3H3,(H2,19,21,22). The third kappa shape index (κ3) is 4.94. The summed E-state index contributed by atoms with van der Waals surface area (Å²) in [4.78, 5) is 13.4. The number of aromatic nitrogens is 4. The number of hydrogen-bond acceptors (Lipinski definition) is 6. The summed E-state index contributed by atoms with van der Waals surface area (Å²) in [5.74, 6) is 3.13. The molecule has 2 N–H and O–H groups in total. The zero-order valence-corrected chi connectivity index (χ0v) is 16.1. The minimum atomic E-state index is 0.239. The largest absolute Gasteiger partial charge is 0.481 e.